The van der Waals surface area contributed by atoms with E-state index < -0.39 is 4.92 Å². The van der Waals surface area contributed by atoms with Crippen molar-refractivity contribution in [2.75, 3.05) is 31.1 Å². The van der Waals surface area contributed by atoms with Crippen LogP contribution in [0.1, 0.15) is 21.8 Å². The number of amides is 1. The van der Waals surface area contributed by atoms with E-state index in [1.165, 1.54) is 12.1 Å². The molecule has 0 bridgehead atoms. The number of rotatable bonds is 3. The van der Waals surface area contributed by atoms with Gasteiger partial charge in [0.1, 0.15) is 0 Å². The topological polar surface area (TPSA) is 79.6 Å². The van der Waals surface area contributed by atoms with Gasteiger partial charge < -0.3 is 9.80 Å². The molecule has 0 unspecified atom stereocenters. The second-order valence-electron chi connectivity index (χ2n) is 5.30. The highest BCUT2D eigenvalue weighted by atomic mass is 32.1. The summed E-state index contributed by atoms with van der Waals surface area (Å²) in [6, 6.07) is 2.93. The highest BCUT2D eigenvalue weighted by molar-refractivity contribution is 7.17. The molecule has 7 nitrogen and oxygen atoms in total. The first-order valence-electron chi connectivity index (χ1n) is 7.25. The van der Waals surface area contributed by atoms with Crippen LogP contribution in [0.3, 0.4) is 0 Å². The Morgan fingerprint density at radius 3 is 2.78 bits per heavy atom. The van der Waals surface area contributed by atoms with E-state index in [9.17, 15) is 14.9 Å². The van der Waals surface area contributed by atoms with Gasteiger partial charge in [-0.2, -0.15) is 0 Å². The van der Waals surface area contributed by atoms with Crippen LogP contribution in [-0.2, 0) is 0 Å². The van der Waals surface area contributed by atoms with E-state index in [0.29, 0.717) is 18.0 Å². The molecule has 2 aromatic heterocycles. The second-order valence-corrected chi connectivity index (χ2v) is 7.20. The van der Waals surface area contributed by atoms with Crippen molar-refractivity contribution >= 4 is 38.7 Å². The lowest BCUT2D eigenvalue weighted by molar-refractivity contribution is -0.380. The zero-order chi connectivity index (χ0) is 16.4. The molecule has 1 fully saturated rings. The Balaban J connectivity index is 1.67. The van der Waals surface area contributed by atoms with Gasteiger partial charge in [0.05, 0.1) is 15.5 Å². The SMILES string of the molecule is Cc1csc(N2CCCN(C(=O)c3ccc([N+](=O)[O-])s3)CC2)n1. The number of nitro groups is 1. The Labute approximate surface area is 141 Å². The lowest BCUT2D eigenvalue weighted by atomic mass is 10.3. The van der Waals surface area contributed by atoms with Gasteiger partial charge in [-0.1, -0.05) is 11.3 Å². The Morgan fingerprint density at radius 2 is 2.13 bits per heavy atom. The summed E-state index contributed by atoms with van der Waals surface area (Å²) in [5.74, 6) is -0.125. The fourth-order valence-electron chi connectivity index (χ4n) is 2.50. The fraction of sp³-hybridized carbons (Fsp3) is 0.429. The van der Waals surface area contributed by atoms with Crippen LogP contribution in [0.15, 0.2) is 17.5 Å². The van der Waals surface area contributed by atoms with Crippen LogP contribution in [0.4, 0.5) is 10.1 Å². The second kappa shape index (κ2) is 6.63. The zero-order valence-electron chi connectivity index (χ0n) is 12.6. The average molecular weight is 352 g/mol. The van der Waals surface area contributed by atoms with Gasteiger partial charge in [-0.3, -0.25) is 14.9 Å². The molecule has 9 heteroatoms. The molecule has 23 heavy (non-hydrogen) atoms. The summed E-state index contributed by atoms with van der Waals surface area (Å²) >= 11 is 2.55. The zero-order valence-corrected chi connectivity index (χ0v) is 14.2. The lowest BCUT2D eigenvalue weighted by Gasteiger charge is -2.21. The summed E-state index contributed by atoms with van der Waals surface area (Å²) in [5, 5.41) is 13.8. The summed E-state index contributed by atoms with van der Waals surface area (Å²) in [5.41, 5.74) is 1.01. The molecule has 3 rings (SSSR count). The van der Waals surface area contributed by atoms with Crippen LogP contribution in [0, 0.1) is 17.0 Å². The minimum absolute atomic E-state index is 0.00283. The predicted octanol–water partition coefficient (Wildman–Crippen LogP) is 2.77. The van der Waals surface area contributed by atoms with Crippen molar-refractivity contribution in [3.05, 3.63) is 38.2 Å². The van der Waals surface area contributed by atoms with Crippen LogP contribution < -0.4 is 4.90 Å². The predicted molar refractivity (Wildman–Crippen MR) is 90.6 cm³/mol. The van der Waals surface area contributed by atoms with Crippen molar-refractivity contribution in [3.63, 3.8) is 0 Å². The number of carbonyl (C=O) groups excluding carboxylic acids is 1. The number of aromatic nitrogens is 1. The highest BCUT2D eigenvalue weighted by Gasteiger charge is 2.24. The first-order valence-corrected chi connectivity index (χ1v) is 8.95. The normalized spacial score (nSPS) is 15.5. The lowest BCUT2D eigenvalue weighted by Crippen LogP contribution is -2.34. The number of thiazole rings is 1. The van der Waals surface area contributed by atoms with Gasteiger partial charge in [0.25, 0.3) is 5.91 Å². The van der Waals surface area contributed by atoms with E-state index in [2.05, 4.69) is 9.88 Å². The standard InChI is InChI=1S/C14H16N4O3S2/c1-10-9-22-14(15-10)17-6-2-5-16(7-8-17)13(19)11-3-4-12(23-11)18(20)21/h3-4,9H,2,5-8H2,1H3. The molecule has 1 amide bonds. The van der Waals surface area contributed by atoms with Crippen molar-refractivity contribution < 1.29 is 9.72 Å². The smallest absolute Gasteiger partial charge is 0.324 e. The number of aryl methyl sites for hydroxylation is 1. The third kappa shape index (κ3) is 3.50. The van der Waals surface area contributed by atoms with Crippen LogP contribution in [0.25, 0.3) is 0 Å². The van der Waals surface area contributed by atoms with Gasteiger partial charge in [-0.15, -0.1) is 11.3 Å². The molecular weight excluding hydrogens is 336 g/mol. The van der Waals surface area contributed by atoms with Gasteiger partial charge >= 0.3 is 5.00 Å². The summed E-state index contributed by atoms with van der Waals surface area (Å²) in [4.78, 5) is 31.7. The summed E-state index contributed by atoms with van der Waals surface area (Å²) < 4.78 is 0. The number of carbonyl (C=O) groups is 1. The third-order valence-electron chi connectivity index (χ3n) is 3.64. The number of thiophene rings is 1. The first kappa shape index (κ1) is 15.9. The first-order chi connectivity index (χ1) is 11.0. The van der Waals surface area contributed by atoms with E-state index in [4.69, 9.17) is 0 Å². The van der Waals surface area contributed by atoms with E-state index in [0.717, 1.165) is 41.7 Å². The number of nitrogens with zero attached hydrogens (tertiary/aromatic N) is 4. The minimum atomic E-state index is -0.462. The maximum absolute atomic E-state index is 12.5. The summed E-state index contributed by atoms with van der Waals surface area (Å²) in [6.45, 7) is 4.82. The maximum atomic E-state index is 12.5. The van der Waals surface area contributed by atoms with E-state index in [1.54, 1.807) is 16.2 Å². The Morgan fingerprint density at radius 1 is 1.30 bits per heavy atom. The van der Waals surface area contributed by atoms with E-state index in [-0.39, 0.29) is 10.9 Å². The minimum Gasteiger partial charge on any atom is -0.346 e. The van der Waals surface area contributed by atoms with Crippen molar-refractivity contribution in [2.45, 2.75) is 13.3 Å². The molecular formula is C14H16N4O3S2. The van der Waals surface area contributed by atoms with E-state index >= 15 is 0 Å². The van der Waals surface area contributed by atoms with Crippen LogP contribution in [0.5, 0.6) is 0 Å². The number of hydrogen-bond acceptors (Lipinski definition) is 7. The number of hydrogen-bond donors (Lipinski definition) is 0. The molecule has 0 aromatic carbocycles. The fourth-order valence-corrected chi connectivity index (χ4v) is 4.14. The largest absolute Gasteiger partial charge is 0.346 e. The molecule has 0 N–H and O–H groups in total. The van der Waals surface area contributed by atoms with Crippen LogP contribution in [0.2, 0.25) is 0 Å². The van der Waals surface area contributed by atoms with Crippen molar-refractivity contribution in [3.8, 4) is 0 Å². The molecule has 3 heterocycles. The Hall–Kier alpha value is -2.00. The highest BCUT2D eigenvalue weighted by Crippen LogP contribution is 2.26. The third-order valence-corrected chi connectivity index (χ3v) is 5.69. The van der Waals surface area contributed by atoms with Gasteiger partial charge in [0.15, 0.2) is 5.13 Å². The molecule has 0 saturated carbocycles. The molecule has 1 aliphatic rings. The summed E-state index contributed by atoms with van der Waals surface area (Å²) in [6.07, 6.45) is 0.859. The quantitative estimate of drug-likeness (QED) is 0.627. The molecule has 0 aliphatic carbocycles. The van der Waals surface area contributed by atoms with Crippen LogP contribution in [-0.4, -0.2) is 46.9 Å². The van der Waals surface area contributed by atoms with Gasteiger partial charge in [-0.25, -0.2) is 4.98 Å². The van der Waals surface area contributed by atoms with Crippen molar-refractivity contribution in [1.82, 2.24) is 9.88 Å². The van der Waals surface area contributed by atoms with Crippen molar-refractivity contribution in [2.24, 2.45) is 0 Å². The summed E-state index contributed by atoms with van der Waals surface area (Å²) in [7, 11) is 0. The molecule has 122 valence electrons. The molecule has 1 saturated heterocycles. The van der Waals surface area contributed by atoms with Crippen LogP contribution >= 0.6 is 22.7 Å². The monoisotopic (exact) mass is 352 g/mol. The molecule has 0 atom stereocenters. The molecule has 0 spiro atoms. The van der Waals surface area contributed by atoms with Gasteiger partial charge in [0.2, 0.25) is 0 Å². The maximum Gasteiger partial charge on any atom is 0.324 e. The average Bonchev–Trinajstić information content (AvgIpc) is 3.11. The van der Waals surface area contributed by atoms with E-state index in [1.807, 2.05) is 12.3 Å². The van der Waals surface area contributed by atoms with Crippen molar-refractivity contribution in [1.29, 1.82) is 0 Å². The Kier molecular flexibility index (Phi) is 4.58. The molecule has 2 aromatic rings. The molecule has 0 radical (unpaired) electrons. The van der Waals surface area contributed by atoms with Gasteiger partial charge in [-0.05, 0) is 19.4 Å². The molecule has 1 aliphatic heterocycles. The van der Waals surface area contributed by atoms with Gasteiger partial charge in [0, 0.05) is 37.6 Å². The Bertz CT molecular complexity index is 727. The number of anilines is 1.